The second-order valence-electron chi connectivity index (χ2n) is 9.90. The molecule has 1 aliphatic heterocycles. The summed E-state index contributed by atoms with van der Waals surface area (Å²) in [5.74, 6) is 3.18. The third kappa shape index (κ3) is 3.79. The van der Waals surface area contributed by atoms with Gasteiger partial charge < -0.3 is 28.4 Å². The number of hydrogen-bond donors (Lipinski definition) is 0. The van der Waals surface area contributed by atoms with Crippen molar-refractivity contribution in [3.8, 4) is 0 Å². The van der Waals surface area contributed by atoms with Crippen molar-refractivity contribution in [2.24, 2.45) is 35.5 Å². The molecule has 6 heteroatoms. The molecule has 3 saturated carbocycles. The van der Waals surface area contributed by atoms with Gasteiger partial charge in [-0.05, 0) is 61.2 Å². The van der Waals surface area contributed by atoms with Gasteiger partial charge in [-0.3, -0.25) is 0 Å². The van der Waals surface area contributed by atoms with Crippen LogP contribution in [-0.2, 0) is 28.4 Å². The highest BCUT2D eigenvalue weighted by atomic mass is 16.7. The molecule has 4 aliphatic rings. The van der Waals surface area contributed by atoms with Gasteiger partial charge in [0.2, 0.25) is 0 Å². The van der Waals surface area contributed by atoms with Crippen LogP contribution >= 0.6 is 0 Å². The Morgan fingerprint density at radius 3 is 1.79 bits per heavy atom. The summed E-state index contributed by atoms with van der Waals surface area (Å²) < 4.78 is 36.2. The Hall–Kier alpha value is -0.240. The molecular weight excluding hydrogens is 372 g/mol. The van der Waals surface area contributed by atoms with Gasteiger partial charge in [-0.15, -0.1) is 0 Å². The molecule has 168 valence electrons. The van der Waals surface area contributed by atoms with E-state index >= 15 is 0 Å². The monoisotopic (exact) mass is 412 g/mol. The SMILES string of the molecule is COC1CC2CC(C)C(C)CC3CC4OCOC4C(OC)C3C2C(OC)C1OC. The molecule has 1 heterocycles. The lowest BCUT2D eigenvalue weighted by Gasteiger charge is -2.56. The van der Waals surface area contributed by atoms with E-state index in [0.29, 0.717) is 42.3 Å². The van der Waals surface area contributed by atoms with E-state index in [2.05, 4.69) is 13.8 Å². The number of hydrogen-bond acceptors (Lipinski definition) is 6. The van der Waals surface area contributed by atoms with E-state index in [4.69, 9.17) is 28.4 Å². The van der Waals surface area contributed by atoms with Crippen molar-refractivity contribution < 1.29 is 28.4 Å². The topological polar surface area (TPSA) is 55.4 Å². The normalized spacial score (nSPS) is 52.8. The summed E-state index contributed by atoms with van der Waals surface area (Å²) in [6.07, 6.45) is 4.68. The fourth-order valence-electron chi connectivity index (χ4n) is 7.24. The highest BCUT2D eigenvalue weighted by Gasteiger charge is 2.58. The first-order valence-corrected chi connectivity index (χ1v) is 11.4. The lowest BCUT2D eigenvalue weighted by molar-refractivity contribution is -0.213. The molecule has 6 nitrogen and oxygen atoms in total. The van der Waals surface area contributed by atoms with Gasteiger partial charge >= 0.3 is 0 Å². The van der Waals surface area contributed by atoms with Crippen molar-refractivity contribution >= 4 is 0 Å². The van der Waals surface area contributed by atoms with Crippen LogP contribution in [0.1, 0.15) is 39.5 Å². The van der Waals surface area contributed by atoms with Crippen molar-refractivity contribution in [1.82, 2.24) is 0 Å². The molecule has 0 N–H and O–H groups in total. The number of fused-ring (bicyclic) bond motifs is 4. The zero-order valence-corrected chi connectivity index (χ0v) is 18.9. The fourth-order valence-corrected chi connectivity index (χ4v) is 7.24. The fraction of sp³-hybridized carbons (Fsp3) is 1.00. The molecule has 0 aromatic carbocycles. The predicted molar refractivity (Wildman–Crippen MR) is 109 cm³/mol. The standard InChI is InChI=1S/C23H40O6/c1-12-7-14-9-16(24-3)20(25-4)22(26-5)18(14)19-15(8-13(12)2)10-17-21(23(19)27-6)29-11-28-17/h12-23H,7-11H2,1-6H3. The van der Waals surface area contributed by atoms with E-state index in [-0.39, 0.29) is 36.6 Å². The molecule has 4 fully saturated rings. The lowest BCUT2D eigenvalue weighted by Crippen LogP contribution is -2.62. The van der Waals surface area contributed by atoms with Crippen molar-refractivity contribution in [2.45, 2.75) is 76.2 Å². The average molecular weight is 413 g/mol. The summed E-state index contributed by atoms with van der Waals surface area (Å²) in [7, 11) is 7.25. The van der Waals surface area contributed by atoms with E-state index in [9.17, 15) is 0 Å². The van der Waals surface area contributed by atoms with Gasteiger partial charge in [0.25, 0.3) is 0 Å². The summed E-state index contributed by atoms with van der Waals surface area (Å²) in [6.45, 7) is 5.22. The molecule has 0 radical (unpaired) electrons. The first-order valence-electron chi connectivity index (χ1n) is 11.4. The molecule has 0 aromatic rings. The molecule has 0 spiro atoms. The van der Waals surface area contributed by atoms with Gasteiger partial charge in [-0.1, -0.05) is 13.8 Å². The zero-order valence-electron chi connectivity index (χ0n) is 18.9. The maximum Gasteiger partial charge on any atom is 0.147 e. The van der Waals surface area contributed by atoms with Crippen LogP contribution in [-0.4, -0.2) is 71.9 Å². The summed E-state index contributed by atoms with van der Waals surface area (Å²) in [6, 6.07) is 0. The highest BCUT2D eigenvalue weighted by Crippen LogP contribution is 2.54. The minimum Gasteiger partial charge on any atom is -0.379 e. The molecule has 12 atom stereocenters. The Bertz CT molecular complexity index is 541. The van der Waals surface area contributed by atoms with Crippen LogP contribution in [0.5, 0.6) is 0 Å². The summed E-state index contributed by atoms with van der Waals surface area (Å²) in [5.41, 5.74) is 0. The molecule has 12 unspecified atom stereocenters. The van der Waals surface area contributed by atoms with E-state index in [1.165, 1.54) is 12.8 Å². The minimum atomic E-state index is -0.0602. The van der Waals surface area contributed by atoms with Gasteiger partial charge in [-0.25, -0.2) is 0 Å². The highest BCUT2D eigenvalue weighted by molar-refractivity contribution is 5.07. The molecule has 0 aromatic heterocycles. The Kier molecular flexibility index (Phi) is 6.89. The Morgan fingerprint density at radius 2 is 1.21 bits per heavy atom. The Labute approximate surface area is 175 Å². The largest absolute Gasteiger partial charge is 0.379 e. The molecule has 1 saturated heterocycles. The molecule has 29 heavy (non-hydrogen) atoms. The maximum absolute atomic E-state index is 6.18. The van der Waals surface area contributed by atoms with Gasteiger partial charge in [0.1, 0.15) is 19.0 Å². The van der Waals surface area contributed by atoms with Gasteiger partial charge in [-0.2, -0.15) is 0 Å². The molecular formula is C23H40O6. The van der Waals surface area contributed by atoms with Gasteiger partial charge in [0, 0.05) is 28.4 Å². The summed E-state index contributed by atoms with van der Waals surface area (Å²) in [5, 5.41) is 0. The van der Waals surface area contributed by atoms with Gasteiger partial charge in [0.15, 0.2) is 0 Å². The summed E-state index contributed by atoms with van der Waals surface area (Å²) in [4.78, 5) is 0. The zero-order chi connectivity index (χ0) is 20.7. The second-order valence-corrected chi connectivity index (χ2v) is 9.90. The Balaban J connectivity index is 1.75. The maximum atomic E-state index is 6.18. The third-order valence-electron chi connectivity index (χ3n) is 8.72. The van der Waals surface area contributed by atoms with E-state index in [1.54, 1.807) is 14.2 Å². The van der Waals surface area contributed by atoms with E-state index in [0.717, 1.165) is 12.8 Å². The van der Waals surface area contributed by atoms with E-state index in [1.807, 2.05) is 14.2 Å². The second kappa shape index (κ2) is 9.09. The lowest BCUT2D eigenvalue weighted by atomic mass is 9.55. The first kappa shape index (κ1) is 22.0. The molecule has 0 amide bonds. The quantitative estimate of drug-likeness (QED) is 0.707. The smallest absolute Gasteiger partial charge is 0.147 e. The number of methoxy groups -OCH3 is 4. The number of ether oxygens (including phenoxy) is 6. The predicted octanol–water partition coefficient (Wildman–Crippen LogP) is 3.13. The van der Waals surface area contributed by atoms with Gasteiger partial charge in [0.05, 0.1) is 24.4 Å². The number of rotatable bonds is 4. The Morgan fingerprint density at radius 1 is 0.621 bits per heavy atom. The molecule has 0 bridgehead atoms. The van der Waals surface area contributed by atoms with Crippen LogP contribution in [0.15, 0.2) is 0 Å². The van der Waals surface area contributed by atoms with Crippen LogP contribution in [0.2, 0.25) is 0 Å². The average Bonchev–Trinajstić information content (AvgIpc) is 3.19. The first-order chi connectivity index (χ1) is 14.0. The van der Waals surface area contributed by atoms with Crippen molar-refractivity contribution in [3.63, 3.8) is 0 Å². The third-order valence-corrected chi connectivity index (χ3v) is 8.72. The van der Waals surface area contributed by atoms with Crippen LogP contribution in [0, 0.1) is 35.5 Å². The van der Waals surface area contributed by atoms with Crippen LogP contribution < -0.4 is 0 Å². The van der Waals surface area contributed by atoms with Crippen molar-refractivity contribution in [2.75, 3.05) is 35.2 Å². The van der Waals surface area contributed by atoms with Crippen LogP contribution in [0.4, 0.5) is 0 Å². The van der Waals surface area contributed by atoms with Crippen LogP contribution in [0.25, 0.3) is 0 Å². The minimum absolute atomic E-state index is 0.00618. The van der Waals surface area contributed by atoms with E-state index < -0.39 is 0 Å². The molecule has 3 aliphatic carbocycles. The van der Waals surface area contributed by atoms with Crippen LogP contribution in [0.3, 0.4) is 0 Å². The van der Waals surface area contributed by atoms with Crippen molar-refractivity contribution in [1.29, 1.82) is 0 Å². The summed E-state index contributed by atoms with van der Waals surface area (Å²) >= 11 is 0. The molecule has 4 rings (SSSR count). The van der Waals surface area contributed by atoms with Crippen molar-refractivity contribution in [3.05, 3.63) is 0 Å².